The van der Waals surface area contributed by atoms with Crippen LogP contribution in [0.1, 0.15) is 0 Å². The number of hydrogen-bond acceptors (Lipinski definition) is 2. The quantitative estimate of drug-likeness (QED) is 0.784. The maximum Gasteiger partial charge on any atom is 0.153 e. The van der Waals surface area contributed by atoms with Gasteiger partial charge in [0.15, 0.2) is 5.82 Å². The zero-order valence-electron chi connectivity index (χ0n) is 5.94. The third kappa shape index (κ3) is 1.13. The Balaban J connectivity index is 2.87. The summed E-state index contributed by atoms with van der Waals surface area (Å²) in [6.07, 6.45) is 0. The normalized spacial score (nSPS) is 10.8. The topological polar surface area (TPSA) is 54.7 Å². The number of aromatic amines is 1. The van der Waals surface area contributed by atoms with Crippen LogP contribution in [0.5, 0.6) is 0 Å². The van der Waals surface area contributed by atoms with Crippen LogP contribution in [0.2, 0.25) is 0 Å². The van der Waals surface area contributed by atoms with Crippen molar-refractivity contribution in [1.29, 1.82) is 0 Å². The first-order valence-corrected chi connectivity index (χ1v) is 4.85. The number of nitrogen functional groups attached to an aromatic ring is 1. The van der Waals surface area contributed by atoms with Crippen LogP contribution in [-0.2, 0) is 0 Å². The molecule has 0 aliphatic carbocycles. The molecule has 1 aromatic heterocycles. The maximum atomic E-state index is 5.62. The number of aromatic nitrogens is 2. The molecule has 0 atom stereocenters. The van der Waals surface area contributed by atoms with E-state index in [4.69, 9.17) is 5.73 Å². The minimum atomic E-state index is 0.526. The first-order chi connectivity index (χ1) is 5.68. The lowest BCUT2D eigenvalue weighted by Gasteiger charge is -1.95. The number of nitrogens with two attached hydrogens (primary N) is 1. The molecule has 0 amide bonds. The molecule has 2 aromatic rings. The lowest BCUT2D eigenvalue weighted by molar-refractivity contribution is 1.13. The average Bonchev–Trinajstić information content (AvgIpc) is 2.35. The molecule has 0 saturated carbocycles. The van der Waals surface area contributed by atoms with Crippen molar-refractivity contribution in [3.8, 4) is 0 Å². The van der Waals surface area contributed by atoms with Crippen LogP contribution in [-0.4, -0.2) is 10.2 Å². The van der Waals surface area contributed by atoms with Crippen LogP contribution < -0.4 is 5.73 Å². The van der Waals surface area contributed by atoms with Gasteiger partial charge in [0.2, 0.25) is 0 Å². The summed E-state index contributed by atoms with van der Waals surface area (Å²) >= 11 is 6.78. The maximum absolute atomic E-state index is 5.62. The van der Waals surface area contributed by atoms with Gasteiger partial charge in [-0.05, 0) is 44.0 Å². The summed E-state index contributed by atoms with van der Waals surface area (Å²) in [6, 6.07) is 3.86. The van der Waals surface area contributed by atoms with Crippen molar-refractivity contribution in [2.45, 2.75) is 0 Å². The van der Waals surface area contributed by atoms with Crippen molar-refractivity contribution in [2.24, 2.45) is 0 Å². The lowest BCUT2D eigenvalue weighted by Crippen LogP contribution is -1.83. The first kappa shape index (κ1) is 8.07. The molecule has 0 unspecified atom stereocenters. The highest BCUT2D eigenvalue weighted by atomic mass is 79.9. The fraction of sp³-hybridized carbons (Fsp3) is 0. The molecule has 3 nitrogen and oxygen atoms in total. The van der Waals surface area contributed by atoms with E-state index in [-0.39, 0.29) is 0 Å². The molecule has 12 heavy (non-hydrogen) atoms. The van der Waals surface area contributed by atoms with Crippen molar-refractivity contribution in [1.82, 2.24) is 10.2 Å². The average molecular weight is 291 g/mol. The van der Waals surface area contributed by atoms with Gasteiger partial charge in [0.05, 0.1) is 5.52 Å². The molecule has 0 saturated heterocycles. The summed E-state index contributed by atoms with van der Waals surface area (Å²) in [4.78, 5) is 0. The highest BCUT2D eigenvalue weighted by Crippen LogP contribution is 2.29. The van der Waals surface area contributed by atoms with Crippen molar-refractivity contribution < 1.29 is 0 Å². The van der Waals surface area contributed by atoms with Crippen LogP contribution in [0.25, 0.3) is 10.9 Å². The van der Waals surface area contributed by atoms with Crippen LogP contribution in [0.15, 0.2) is 21.1 Å². The number of nitrogens with one attached hydrogen (secondary N) is 1. The summed E-state index contributed by atoms with van der Waals surface area (Å²) < 4.78 is 1.96. The summed E-state index contributed by atoms with van der Waals surface area (Å²) in [7, 11) is 0. The predicted molar refractivity (Wildman–Crippen MR) is 55.9 cm³/mol. The van der Waals surface area contributed by atoms with Gasteiger partial charge < -0.3 is 5.73 Å². The van der Waals surface area contributed by atoms with Gasteiger partial charge in [0.25, 0.3) is 0 Å². The van der Waals surface area contributed by atoms with Gasteiger partial charge in [-0.15, -0.1) is 0 Å². The number of nitrogens with zero attached hydrogens (tertiary/aromatic N) is 1. The molecule has 3 N–H and O–H groups in total. The summed E-state index contributed by atoms with van der Waals surface area (Å²) in [5, 5.41) is 7.65. The predicted octanol–water partition coefficient (Wildman–Crippen LogP) is 2.67. The SMILES string of the molecule is Nc1n[nH]c2cc(Br)c(Br)cc12. The van der Waals surface area contributed by atoms with Gasteiger partial charge in [-0.1, -0.05) is 0 Å². The van der Waals surface area contributed by atoms with Crippen molar-refractivity contribution in [2.75, 3.05) is 5.73 Å². The summed E-state index contributed by atoms with van der Waals surface area (Å²) in [5.41, 5.74) is 6.55. The molecule has 2 rings (SSSR count). The van der Waals surface area contributed by atoms with Crippen LogP contribution in [0.3, 0.4) is 0 Å². The van der Waals surface area contributed by atoms with E-state index in [1.165, 1.54) is 0 Å². The zero-order valence-corrected chi connectivity index (χ0v) is 9.11. The molecule has 0 bridgehead atoms. The Morgan fingerprint density at radius 3 is 2.67 bits per heavy atom. The Labute approximate surface area is 85.6 Å². The fourth-order valence-electron chi connectivity index (χ4n) is 1.03. The third-order valence-electron chi connectivity index (χ3n) is 1.63. The fourth-order valence-corrected chi connectivity index (χ4v) is 1.72. The van der Waals surface area contributed by atoms with Gasteiger partial charge in [0, 0.05) is 14.3 Å². The van der Waals surface area contributed by atoms with E-state index in [1.54, 1.807) is 0 Å². The lowest BCUT2D eigenvalue weighted by atomic mass is 10.2. The highest BCUT2D eigenvalue weighted by molar-refractivity contribution is 9.13. The molecule has 0 spiro atoms. The van der Waals surface area contributed by atoms with E-state index in [9.17, 15) is 0 Å². The molecule has 62 valence electrons. The van der Waals surface area contributed by atoms with Crippen LogP contribution in [0.4, 0.5) is 5.82 Å². The zero-order chi connectivity index (χ0) is 8.72. The minimum absolute atomic E-state index is 0.526. The molecule has 0 fully saturated rings. The Kier molecular flexibility index (Phi) is 1.84. The van der Waals surface area contributed by atoms with Crippen LogP contribution >= 0.6 is 31.9 Å². The number of benzene rings is 1. The number of H-pyrrole nitrogens is 1. The molecular weight excluding hydrogens is 286 g/mol. The number of hydrogen-bond donors (Lipinski definition) is 2. The molecule has 5 heteroatoms. The Morgan fingerprint density at radius 2 is 1.92 bits per heavy atom. The Morgan fingerprint density at radius 1 is 1.25 bits per heavy atom. The van der Waals surface area contributed by atoms with E-state index in [0.29, 0.717) is 5.82 Å². The van der Waals surface area contributed by atoms with E-state index < -0.39 is 0 Å². The van der Waals surface area contributed by atoms with Crippen molar-refractivity contribution in [3.63, 3.8) is 0 Å². The molecule has 0 radical (unpaired) electrons. The largest absolute Gasteiger partial charge is 0.382 e. The monoisotopic (exact) mass is 289 g/mol. The number of anilines is 1. The molecule has 0 aliphatic heterocycles. The second kappa shape index (κ2) is 2.74. The minimum Gasteiger partial charge on any atom is -0.382 e. The van der Waals surface area contributed by atoms with E-state index in [1.807, 2.05) is 12.1 Å². The summed E-state index contributed by atoms with van der Waals surface area (Å²) in [6.45, 7) is 0. The standard InChI is InChI=1S/C7H5Br2N3/c8-4-1-3-6(2-5(4)9)11-12-7(3)10/h1-2H,(H3,10,11,12). The van der Waals surface area contributed by atoms with E-state index in [2.05, 4.69) is 42.1 Å². The third-order valence-corrected chi connectivity index (χ3v) is 3.48. The van der Waals surface area contributed by atoms with Gasteiger partial charge in [-0.25, -0.2) is 0 Å². The first-order valence-electron chi connectivity index (χ1n) is 3.27. The number of fused-ring (bicyclic) bond motifs is 1. The molecular formula is C7H5Br2N3. The second-order valence-electron chi connectivity index (χ2n) is 2.42. The molecule has 0 aliphatic rings. The van der Waals surface area contributed by atoms with E-state index in [0.717, 1.165) is 19.8 Å². The smallest absolute Gasteiger partial charge is 0.153 e. The van der Waals surface area contributed by atoms with Crippen molar-refractivity contribution >= 4 is 48.6 Å². The second-order valence-corrected chi connectivity index (χ2v) is 4.13. The van der Waals surface area contributed by atoms with Crippen LogP contribution in [0, 0.1) is 0 Å². The van der Waals surface area contributed by atoms with Gasteiger partial charge >= 0.3 is 0 Å². The van der Waals surface area contributed by atoms with E-state index >= 15 is 0 Å². The summed E-state index contributed by atoms with van der Waals surface area (Å²) in [5.74, 6) is 0.526. The number of rotatable bonds is 0. The highest BCUT2D eigenvalue weighted by Gasteiger charge is 2.04. The Bertz CT molecular complexity index is 435. The van der Waals surface area contributed by atoms with Gasteiger partial charge in [-0.2, -0.15) is 5.10 Å². The van der Waals surface area contributed by atoms with Gasteiger partial charge in [-0.3, -0.25) is 5.10 Å². The molecule has 1 aromatic carbocycles. The Hall–Kier alpha value is -0.550. The van der Waals surface area contributed by atoms with Crippen molar-refractivity contribution in [3.05, 3.63) is 21.1 Å². The number of halogens is 2. The molecule has 1 heterocycles. The van der Waals surface area contributed by atoms with Gasteiger partial charge in [0.1, 0.15) is 0 Å².